The summed E-state index contributed by atoms with van der Waals surface area (Å²) in [7, 11) is 0. The summed E-state index contributed by atoms with van der Waals surface area (Å²) in [5.41, 5.74) is 1.09. The van der Waals surface area contributed by atoms with Gasteiger partial charge in [0.15, 0.2) is 0 Å². The van der Waals surface area contributed by atoms with Crippen LogP contribution in [-0.4, -0.2) is 11.4 Å². The molecule has 0 saturated heterocycles. The van der Waals surface area contributed by atoms with Gasteiger partial charge >= 0.3 is 0 Å². The Kier molecular flexibility index (Phi) is 1.14. The molecule has 52 valence electrons. The Hall–Kier alpha value is -1.02. The molecule has 2 nitrogen and oxygen atoms in total. The second-order valence-electron chi connectivity index (χ2n) is 2.38. The number of hydrogen-bond acceptors (Lipinski definition) is 2. The second-order valence-corrected chi connectivity index (χ2v) is 2.38. The van der Waals surface area contributed by atoms with Crippen LogP contribution in [0.15, 0.2) is 24.3 Å². The molecule has 2 heteroatoms. The van der Waals surface area contributed by atoms with Crippen molar-refractivity contribution in [2.75, 3.05) is 0 Å². The summed E-state index contributed by atoms with van der Waals surface area (Å²) in [5.74, 6) is 0.815. The van der Waals surface area contributed by atoms with Crippen molar-refractivity contribution in [3.8, 4) is 5.75 Å². The van der Waals surface area contributed by atoms with Crippen LogP contribution in [0, 0.1) is 0 Å². The molecule has 1 N–H and O–H groups in total. The van der Waals surface area contributed by atoms with Gasteiger partial charge in [-0.1, -0.05) is 18.2 Å². The van der Waals surface area contributed by atoms with Crippen LogP contribution in [-0.2, 0) is 6.42 Å². The van der Waals surface area contributed by atoms with Gasteiger partial charge in [-0.05, 0) is 6.07 Å². The molecule has 1 aliphatic rings. The van der Waals surface area contributed by atoms with Gasteiger partial charge in [-0.15, -0.1) is 0 Å². The van der Waals surface area contributed by atoms with E-state index in [1.165, 1.54) is 0 Å². The molecular formula is C8H8O2. The van der Waals surface area contributed by atoms with Crippen molar-refractivity contribution in [1.82, 2.24) is 0 Å². The third kappa shape index (κ3) is 0.772. The molecule has 0 aromatic heterocycles. The number of aliphatic hydroxyl groups excluding tert-OH is 1. The van der Waals surface area contributed by atoms with Crippen LogP contribution in [0.25, 0.3) is 0 Å². The maximum atomic E-state index is 9.03. The standard InChI is InChI=1S/C8H8O2/c9-8-5-6-3-1-2-4-7(6)10-8/h1-4,8-9H,5H2/t8-/m0/s1. The number of rotatable bonds is 0. The maximum absolute atomic E-state index is 9.03. The molecule has 1 atom stereocenters. The van der Waals surface area contributed by atoms with E-state index in [9.17, 15) is 0 Å². The van der Waals surface area contributed by atoms with E-state index in [4.69, 9.17) is 9.84 Å². The predicted octanol–water partition coefficient (Wildman–Crippen LogP) is 0.940. The second kappa shape index (κ2) is 1.99. The molecule has 0 radical (unpaired) electrons. The molecule has 1 aliphatic heterocycles. The van der Waals surface area contributed by atoms with E-state index in [1.54, 1.807) is 0 Å². The third-order valence-corrected chi connectivity index (χ3v) is 1.63. The number of benzene rings is 1. The molecule has 1 heterocycles. The smallest absolute Gasteiger partial charge is 0.201 e. The van der Waals surface area contributed by atoms with Gasteiger partial charge in [-0.25, -0.2) is 0 Å². The molecule has 0 aliphatic carbocycles. The van der Waals surface area contributed by atoms with E-state index < -0.39 is 6.29 Å². The fourth-order valence-electron chi connectivity index (χ4n) is 1.16. The first-order valence-electron chi connectivity index (χ1n) is 3.29. The molecule has 0 spiro atoms. The van der Waals surface area contributed by atoms with E-state index >= 15 is 0 Å². The molecule has 0 saturated carbocycles. The lowest BCUT2D eigenvalue weighted by atomic mass is 10.2. The minimum atomic E-state index is -0.627. The number of para-hydroxylation sites is 1. The van der Waals surface area contributed by atoms with Gasteiger partial charge in [0.2, 0.25) is 6.29 Å². The van der Waals surface area contributed by atoms with Crippen molar-refractivity contribution in [1.29, 1.82) is 0 Å². The van der Waals surface area contributed by atoms with Gasteiger partial charge in [0.1, 0.15) is 5.75 Å². The summed E-state index contributed by atoms with van der Waals surface area (Å²) in [5, 5.41) is 9.03. The molecule has 0 fully saturated rings. The lowest BCUT2D eigenvalue weighted by Gasteiger charge is -1.99. The summed E-state index contributed by atoms with van der Waals surface area (Å²) in [6.45, 7) is 0. The summed E-state index contributed by atoms with van der Waals surface area (Å²) in [6, 6.07) is 7.67. The highest BCUT2D eigenvalue weighted by atomic mass is 16.6. The Bertz CT molecular complexity index is 220. The zero-order valence-electron chi connectivity index (χ0n) is 5.45. The molecule has 0 bridgehead atoms. The molecular weight excluding hydrogens is 128 g/mol. The van der Waals surface area contributed by atoms with Crippen LogP contribution in [0.2, 0.25) is 0 Å². The molecule has 1 aromatic rings. The highest BCUT2D eigenvalue weighted by Gasteiger charge is 2.18. The average Bonchev–Trinajstić information content (AvgIpc) is 2.27. The van der Waals surface area contributed by atoms with Crippen LogP contribution < -0.4 is 4.74 Å². The number of hydrogen-bond donors (Lipinski definition) is 1. The fraction of sp³-hybridized carbons (Fsp3) is 0.250. The summed E-state index contributed by atoms with van der Waals surface area (Å²) in [6.07, 6.45) is -0.00620. The molecule has 1 aromatic carbocycles. The lowest BCUT2D eigenvalue weighted by Crippen LogP contribution is -2.09. The van der Waals surface area contributed by atoms with Gasteiger partial charge in [0, 0.05) is 12.0 Å². The van der Waals surface area contributed by atoms with Crippen LogP contribution in [0.5, 0.6) is 5.75 Å². The van der Waals surface area contributed by atoms with E-state index in [0.717, 1.165) is 11.3 Å². The largest absolute Gasteiger partial charge is 0.465 e. The van der Waals surface area contributed by atoms with Crippen LogP contribution in [0.1, 0.15) is 5.56 Å². The van der Waals surface area contributed by atoms with Crippen molar-refractivity contribution in [2.24, 2.45) is 0 Å². The van der Waals surface area contributed by atoms with Crippen LogP contribution >= 0.6 is 0 Å². The predicted molar refractivity (Wildman–Crippen MR) is 36.8 cm³/mol. The Labute approximate surface area is 59.1 Å². The highest BCUT2D eigenvalue weighted by molar-refractivity contribution is 5.36. The first kappa shape index (κ1) is 5.74. The van der Waals surface area contributed by atoms with Gasteiger partial charge in [0.25, 0.3) is 0 Å². The minimum Gasteiger partial charge on any atom is -0.465 e. The zero-order chi connectivity index (χ0) is 6.97. The molecule has 2 rings (SSSR count). The quantitative estimate of drug-likeness (QED) is 0.575. The fourth-order valence-corrected chi connectivity index (χ4v) is 1.16. The van der Waals surface area contributed by atoms with Crippen LogP contribution in [0.3, 0.4) is 0 Å². The Morgan fingerprint density at radius 1 is 1.40 bits per heavy atom. The Morgan fingerprint density at radius 2 is 2.20 bits per heavy atom. The van der Waals surface area contributed by atoms with E-state index in [1.807, 2.05) is 24.3 Å². The van der Waals surface area contributed by atoms with E-state index in [-0.39, 0.29) is 0 Å². The van der Waals surface area contributed by atoms with Crippen molar-refractivity contribution in [3.63, 3.8) is 0 Å². The van der Waals surface area contributed by atoms with Crippen LogP contribution in [0.4, 0.5) is 0 Å². The first-order chi connectivity index (χ1) is 4.86. The molecule has 0 unspecified atom stereocenters. The van der Waals surface area contributed by atoms with Gasteiger partial charge in [-0.3, -0.25) is 0 Å². The van der Waals surface area contributed by atoms with E-state index in [0.29, 0.717) is 6.42 Å². The number of aliphatic hydroxyl groups is 1. The zero-order valence-corrected chi connectivity index (χ0v) is 5.45. The van der Waals surface area contributed by atoms with Gasteiger partial charge in [-0.2, -0.15) is 0 Å². The molecule has 0 amide bonds. The number of ether oxygens (including phenoxy) is 1. The summed E-state index contributed by atoms with van der Waals surface area (Å²) < 4.78 is 5.06. The monoisotopic (exact) mass is 136 g/mol. The van der Waals surface area contributed by atoms with Crippen molar-refractivity contribution in [3.05, 3.63) is 29.8 Å². The summed E-state index contributed by atoms with van der Waals surface area (Å²) in [4.78, 5) is 0. The number of fused-ring (bicyclic) bond motifs is 1. The minimum absolute atomic E-state index is 0.621. The van der Waals surface area contributed by atoms with E-state index in [2.05, 4.69) is 0 Å². The summed E-state index contributed by atoms with van der Waals surface area (Å²) >= 11 is 0. The van der Waals surface area contributed by atoms with Gasteiger partial charge in [0.05, 0.1) is 0 Å². The first-order valence-corrected chi connectivity index (χ1v) is 3.29. The Morgan fingerprint density at radius 3 is 3.00 bits per heavy atom. The van der Waals surface area contributed by atoms with Gasteiger partial charge < -0.3 is 9.84 Å². The Balaban J connectivity index is 2.42. The highest BCUT2D eigenvalue weighted by Crippen LogP contribution is 2.26. The lowest BCUT2D eigenvalue weighted by molar-refractivity contribution is 0.00215. The van der Waals surface area contributed by atoms with Crippen molar-refractivity contribution >= 4 is 0 Å². The SMILES string of the molecule is O[C@@H]1Cc2ccccc2O1. The van der Waals surface area contributed by atoms with Crippen molar-refractivity contribution in [2.45, 2.75) is 12.7 Å². The average molecular weight is 136 g/mol. The topological polar surface area (TPSA) is 29.5 Å². The van der Waals surface area contributed by atoms with Crippen molar-refractivity contribution < 1.29 is 9.84 Å². The normalized spacial score (nSPS) is 21.9. The molecule has 10 heavy (non-hydrogen) atoms. The third-order valence-electron chi connectivity index (χ3n) is 1.63. The maximum Gasteiger partial charge on any atom is 0.201 e.